The van der Waals surface area contributed by atoms with Crippen LogP contribution in [-0.2, 0) is 4.79 Å². The number of nitrogens with one attached hydrogen (secondary N) is 1. The number of carbonyl (C=O) groups excluding carboxylic acids is 1. The van der Waals surface area contributed by atoms with Gasteiger partial charge in [0, 0.05) is 22.7 Å². The molecule has 0 spiro atoms. The lowest BCUT2D eigenvalue weighted by atomic mass is 10.2. The van der Waals surface area contributed by atoms with Crippen LogP contribution < -0.4 is 5.32 Å². The second kappa shape index (κ2) is 7.13. The first-order chi connectivity index (χ1) is 8.93. The van der Waals surface area contributed by atoms with Crippen LogP contribution in [0.4, 0.5) is 10.5 Å². The number of aliphatic carboxylic acids is 1. The average molecular weight is 329 g/mol. The van der Waals surface area contributed by atoms with Crippen molar-refractivity contribution in [1.29, 1.82) is 0 Å². The van der Waals surface area contributed by atoms with Crippen molar-refractivity contribution in [1.82, 2.24) is 4.90 Å². The highest BCUT2D eigenvalue weighted by molar-refractivity contribution is 9.10. The van der Waals surface area contributed by atoms with E-state index < -0.39 is 5.97 Å². The van der Waals surface area contributed by atoms with Gasteiger partial charge in [0.15, 0.2) is 0 Å². The van der Waals surface area contributed by atoms with Gasteiger partial charge >= 0.3 is 12.0 Å². The Kier molecular flexibility index (Phi) is 5.82. The Morgan fingerprint density at radius 2 is 1.95 bits per heavy atom. The standard InChI is InChI=1S/C13H17BrN2O3/c1-3-16(9(2)8-12(17)18)13(19)15-11-6-4-10(14)5-7-11/h4-7,9H,3,8H2,1-2H3,(H,15,19)(H,17,18). The molecule has 1 rings (SSSR count). The van der Waals surface area contributed by atoms with Crippen LogP contribution in [0.2, 0.25) is 0 Å². The number of nitrogens with zero attached hydrogens (tertiary/aromatic N) is 1. The normalized spacial score (nSPS) is 11.7. The predicted octanol–water partition coefficient (Wildman–Crippen LogP) is 3.17. The smallest absolute Gasteiger partial charge is 0.322 e. The van der Waals surface area contributed by atoms with E-state index in [1.807, 2.05) is 19.1 Å². The highest BCUT2D eigenvalue weighted by Gasteiger charge is 2.20. The fraction of sp³-hybridized carbons (Fsp3) is 0.385. The van der Waals surface area contributed by atoms with E-state index in [0.717, 1.165) is 4.47 Å². The van der Waals surface area contributed by atoms with Crippen molar-refractivity contribution in [2.45, 2.75) is 26.3 Å². The van der Waals surface area contributed by atoms with Gasteiger partial charge in [-0.2, -0.15) is 0 Å². The first kappa shape index (κ1) is 15.5. The molecule has 0 heterocycles. The first-order valence-corrected chi connectivity index (χ1v) is 6.78. The van der Waals surface area contributed by atoms with Gasteiger partial charge in [0.25, 0.3) is 0 Å². The minimum atomic E-state index is -0.914. The molecule has 1 unspecified atom stereocenters. The van der Waals surface area contributed by atoms with Gasteiger partial charge in [0.05, 0.1) is 6.42 Å². The average Bonchev–Trinajstić information content (AvgIpc) is 2.32. The van der Waals surface area contributed by atoms with Gasteiger partial charge in [0.2, 0.25) is 0 Å². The maximum atomic E-state index is 12.1. The maximum Gasteiger partial charge on any atom is 0.322 e. The lowest BCUT2D eigenvalue weighted by Gasteiger charge is -2.27. The molecule has 6 heteroatoms. The summed E-state index contributed by atoms with van der Waals surface area (Å²) in [7, 11) is 0. The van der Waals surface area contributed by atoms with E-state index in [-0.39, 0.29) is 18.5 Å². The summed E-state index contributed by atoms with van der Waals surface area (Å²) < 4.78 is 0.928. The van der Waals surface area contributed by atoms with Gasteiger partial charge in [-0.3, -0.25) is 4.79 Å². The quantitative estimate of drug-likeness (QED) is 0.872. The number of halogens is 1. The van der Waals surface area contributed by atoms with Crippen LogP contribution in [0.25, 0.3) is 0 Å². The van der Waals surface area contributed by atoms with Crippen molar-refractivity contribution in [3.63, 3.8) is 0 Å². The van der Waals surface area contributed by atoms with Crippen molar-refractivity contribution >= 4 is 33.6 Å². The van der Waals surface area contributed by atoms with E-state index in [2.05, 4.69) is 21.2 Å². The van der Waals surface area contributed by atoms with Gasteiger partial charge in [-0.05, 0) is 38.1 Å². The summed E-state index contributed by atoms with van der Waals surface area (Å²) in [5.74, 6) is -0.914. The fourth-order valence-electron chi connectivity index (χ4n) is 1.75. The zero-order valence-corrected chi connectivity index (χ0v) is 12.5. The van der Waals surface area contributed by atoms with E-state index in [0.29, 0.717) is 12.2 Å². The number of hydrogen-bond donors (Lipinski definition) is 2. The Hall–Kier alpha value is -1.56. The van der Waals surface area contributed by atoms with Gasteiger partial charge in [-0.1, -0.05) is 15.9 Å². The highest BCUT2D eigenvalue weighted by Crippen LogP contribution is 2.15. The Labute approximate surface area is 120 Å². The molecular formula is C13H17BrN2O3. The fourth-order valence-corrected chi connectivity index (χ4v) is 2.01. The van der Waals surface area contributed by atoms with E-state index in [1.165, 1.54) is 4.90 Å². The number of benzene rings is 1. The molecule has 104 valence electrons. The molecule has 0 aliphatic rings. The minimum absolute atomic E-state index is 0.0679. The first-order valence-electron chi connectivity index (χ1n) is 5.99. The summed E-state index contributed by atoms with van der Waals surface area (Å²) in [5, 5.41) is 11.5. The maximum absolute atomic E-state index is 12.1. The number of rotatable bonds is 5. The van der Waals surface area contributed by atoms with E-state index in [1.54, 1.807) is 19.1 Å². The molecule has 2 amide bonds. The van der Waals surface area contributed by atoms with Crippen molar-refractivity contribution in [3.8, 4) is 0 Å². The Morgan fingerprint density at radius 3 is 2.42 bits per heavy atom. The molecule has 0 fully saturated rings. The number of urea groups is 1. The van der Waals surface area contributed by atoms with Crippen LogP contribution in [0.3, 0.4) is 0 Å². The molecular weight excluding hydrogens is 312 g/mol. The lowest BCUT2D eigenvalue weighted by Crippen LogP contribution is -2.42. The van der Waals surface area contributed by atoms with Crippen molar-refractivity contribution in [2.75, 3.05) is 11.9 Å². The molecule has 0 radical (unpaired) electrons. The summed E-state index contributed by atoms with van der Waals surface area (Å²) in [6.45, 7) is 4.00. The van der Waals surface area contributed by atoms with Crippen molar-refractivity contribution in [2.24, 2.45) is 0 Å². The van der Waals surface area contributed by atoms with Gasteiger partial charge in [-0.15, -0.1) is 0 Å². The molecule has 0 aromatic heterocycles. The van der Waals surface area contributed by atoms with E-state index in [4.69, 9.17) is 5.11 Å². The molecule has 2 N–H and O–H groups in total. The Bertz CT molecular complexity index is 448. The van der Waals surface area contributed by atoms with Crippen molar-refractivity contribution < 1.29 is 14.7 Å². The summed E-state index contributed by atoms with van der Waals surface area (Å²) in [5.41, 5.74) is 0.675. The third-order valence-electron chi connectivity index (χ3n) is 2.70. The number of anilines is 1. The summed E-state index contributed by atoms with van der Waals surface area (Å²) in [6, 6.07) is 6.56. The molecule has 0 bridgehead atoms. The highest BCUT2D eigenvalue weighted by atomic mass is 79.9. The van der Waals surface area contributed by atoms with Crippen LogP contribution in [0.5, 0.6) is 0 Å². The number of hydrogen-bond acceptors (Lipinski definition) is 2. The number of carboxylic acid groups (broad SMARTS) is 1. The largest absolute Gasteiger partial charge is 0.481 e. The zero-order chi connectivity index (χ0) is 14.4. The SMILES string of the molecule is CCN(C(=O)Nc1ccc(Br)cc1)C(C)CC(=O)O. The molecule has 1 atom stereocenters. The summed E-state index contributed by atoms with van der Waals surface area (Å²) >= 11 is 3.32. The van der Waals surface area contributed by atoms with Crippen LogP contribution in [-0.4, -0.2) is 34.6 Å². The van der Waals surface area contributed by atoms with Gasteiger partial charge < -0.3 is 15.3 Å². The second-order valence-corrected chi connectivity index (χ2v) is 5.09. The molecule has 0 saturated heterocycles. The molecule has 0 saturated carbocycles. The number of amides is 2. The van der Waals surface area contributed by atoms with Crippen LogP contribution in [0.1, 0.15) is 20.3 Å². The van der Waals surface area contributed by atoms with Crippen LogP contribution in [0, 0.1) is 0 Å². The lowest BCUT2D eigenvalue weighted by molar-refractivity contribution is -0.137. The molecule has 1 aromatic carbocycles. The van der Waals surface area contributed by atoms with Crippen LogP contribution >= 0.6 is 15.9 Å². The van der Waals surface area contributed by atoms with E-state index in [9.17, 15) is 9.59 Å². The summed E-state index contributed by atoms with van der Waals surface area (Å²) in [4.78, 5) is 24.2. The van der Waals surface area contributed by atoms with E-state index >= 15 is 0 Å². The predicted molar refractivity (Wildman–Crippen MR) is 77.3 cm³/mol. The van der Waals surface area contributed by atoms with Crippen molar-refractivity contribution in [3.05, 3.63) is 28.7 Å². The third kappa shape index (κ3) is 4.90. The number of carboxylic acids is 1. The topological polar surface area (TPSA) is 69.6 Å². The number of carbonyl (C=O) groups is 2. The van der Waals surface area contributed by atoms with Gasteiger partial charge in [-0.25, -0.2) is 4.79 Å². The Morgan fingerprint density at radius 1 is 1.37 bits per heavy atom. The minimum Gasteiger partial charge on any atom is -0.481 e. The zero-order valence-electron chi connectivity index (χ0n) is 10.9. The molecule has 0 aliphatic carbocycles. The monoisotopic (exact) mass is 328 g/mol. The molecule has 19 heavy (non-hydrogen) atoms. The Balaban J connectivity index is 2.68. The third-order valence-corrected chi connectivity index (χ3v) is 3.23. The van der Waals surface area contributed by atoms with Gasteiger partial charge in [0.1, 0.15) is 0 Å². The summed E-state index contributed by atoms with van der Waals surface area (Å²) in [6.07, 6.45) is -0.0679. The van der Waals surface area contributed by atoms with Crippen LogP contribution in [0.15, 0.2) is 28.7 Å². The molecule has 5 nitrogen and oxygen atoms in total. The molecule has 0 aliphatic heterocycles. The molecule has 1 aromatic rings. The second-order valence-electron chi connectivity index (χ2n) is 4.17.